The Hall–Kier alpha value is -3.21. The Labute approximate surface area is 238 Å². The molecule has 2 aromatic heterocycles. The maximum Gasteiger partial charge on any atom is 0.481 e. The zero-order valence-corrected chi connectivity index (χ0v) is 24.7. The molecule has 5 atom stereocenters. The highest BCUT2D eigenvalue weighted by atomic mass is 31.2. The number of hydrogen-bond donors (Lipinski definition) is 3. The highest BCUT2D eigenvalue weighted by Gasteiger charge is 2.89. The number of nitrogen functional groups attached to an aromatic ring is 1. The van der Waals surface area contributed by atoms with Crippen LogP contribution >= 0.6 is 7.82 Å². The number of imidazole rings is 1. The molecule has 0 aromatic carbocycles. The summed E-state index contributed by atoms with van der Waals surface area (Å²) in [5.41, 5.74) is -1.70. The van der Waals surface area contributed by atoms with Crippen LogP contribution in [0.5, 0.6) is 0 Å². The summed E-state index contributed by atoms with van der Waals surface area (Å²) in [5.74, 6) is -1.69. The first-order valence-electron chi connectivity index (χ1n) is 12.6. The van der Waals surface area contributed by atoms with Gasteiger partial charge >= 0.3 is 19.8 Å². The maximum atomic E-state index is 15.9. The number of phosphoric ester groups is 1. The Kier molecular flexibility index (Phi) is 7.93. The smallest absolute Gasteiger partial charge is 0.437 e. The molecule has 42 heavy (non-hydrogen) atoms. The summed E-state index contributed by atoms with van der Waals surface area (Å²) in [4.78, 5) is 46.5. The number of alkyl halides is 1. The van der Waals surface area contributed by atoms with Crippen molar-refractivity contribution in [1.29, 1.82) is 0 Å². The van der Waals surface area contributed by atoms with Gasteiger partial charge in [-0.15, -0.1) is 6.58 Å². The number of rotatable bonds is 10. The van der Waals surface area contributed by atoms with Crippen molar-refractivity contribution in [2.24, 2.45) is 10.8 Å². The number of aromatic amines is 1. The quantitative estimate of drug-likeness (QED) is 0.150. The van der Waals surface area contributed by atoms with Crippen LogP contribution in [0.4, 0.5) is 10.3 Å². The number of hydrogen-bond acceptors (Lipinski definition) is 14. The van der Waals surface area contributed by atoms with E-state index in [1.54, 1.807) is 41.5 Å². The fourth-order valence-corrected chi connectivity index (χ4v) is 5.33. The number of carbonyl (C=O) groups excluding carboxylic acids is 2. The van der Waals surface area contributed by atoms with Crippen molar-refractivity contribution >= 4 is 36.9 Å². The van der Waals surface area contributed by atoms with Crippen molar-refractivity contribution in [2.75, 3.05) is 19.3 Å². The molecule has 1 aliphatic heterocycles. The molecule has 0 radical (unpaired) electrons. The van der Waals surface area contributed by atoms with E-state index >= 15 is 4.39 Å². The van der Waals surface area contributed by atoms with Gasteiger partial charge in [0.1, 0.15) is 6.10 Å². The molecular weight excluding hydrogens is 584 g/mol. The first-order chi connectivity index (χ1) is 19.3. The molecule has 3 heterocycles. The molecule has 4 N–H and O–H groups in total. The molecule has 232 valence electrons. The van der Waals surface area contributed by atoms with Crippen molar-refractivity contribution in [2.45, 2.75) is 71.2 Å². The van der Waals surface area contributed by atoms with Gasteiger partial charge in [-0.1, -0.05) is 6.08 Å². The Balaban J connectivity index is 1.56. The standard InChI is InChI=1S/C24H33FN5O11P/c1-8-23-17(24(23,34)13(25)16(40-23)30-9-27-12-14(30)28-20(26)29-15(12)31)41-42(35,38-10-36-18(32)21(2,3)4)39-11-37-19(33)22(5,6)7/h8-9,13,16-17,34H,1,10-11H2,2-7H3,(H3,26,28,29,31). The van der Waals surface area contributed by atoms with Crippen LogP contribution in [-0.2, 0) is 41.9 Å². The van der Waals surface area contributed by atoms with E-state index < -0.39 is 79.4 Å². The predicted octanol–water partition coefficient (Wildman–Crippen LogP) is 1.86. The monoisotopic (exact) mass is 617 g/mol. The summed E-state index contributed by atoms with van der Waals surface area (Å²) in [6.45, 7) is 11.2. The Morgan fingerprint density at radius 3 is 2.24 bits per heavy atom. The Morgan fingerprint density at radius 1 is 1.21 bits per heavy atom. The average molecular weight is 618 g/mol. The van der Waals surface area contributed by atoms with Crippen LogP contribution in [0, 0.1) is 10.8 Å². The Morgan fingerprint density at radius 2 is 1.76 bits per heavy atom. The summed E-state index contributed by atoms with van der Waals surface area (Å²) in [6.07, 6.45) is -3.47. The second kappa shape index (κ2) is 10.5. The van der Waals surface area contributed by atoms with E-state index in [0.29, 0.717) is 0 Å². The third kappa shape index (κ3) is 5.36. The molecular formula is C24H33FN5O11P. The molecule has 2 fully saturated rings. The van der Waals surface area contributed by atoms with E-state index in [0.717, 1.165) is 17.0 Å². The molecule has 0 amide bonds. The van der Waals surface area contributed by atoms with Gasteiger partial charge in [0.05, 0.1) is 17.2 Å². The average Bonchev–Trinajstić information content (AvgIpc) is 3.11. The molecule has 0 spiro atoms. The maximum absolute atomic E-state index is 15.9. The van der Waals surface area contributed by atoms with Crippen LogP contribution in [0.1, 0.15) is 47.8 Å². The van der Waals surface area contributed by atoms with Crippen LogP contribution in [0.2, 0.25) is 0 Å². The van der Waals surface area contributed by atoms with E-state index in [4.69, 9.17) is 33.5 Å². The number of carbonyl (C=O) groups is 2. The number of esters is 2. The normalized spacial score (nSPS) is 27.5. The van der Waals surface area contributed by atoms with Crippen molar-refractivity contribution < 1.29 is 51.4 Å². The van der Waals surface area contributed by atoms with Crippen LogP contribution < -0.4 is 11.3 Å². The minimum absolute atomic E-state index is 0.121. The molecule has 2 aliphatic rings. The topological polar surface area (TPSA) is 216 Å². The molecule has 1 saturated carbocycles. The number of halogens is 1. The van der Waals surface area contributed by atoms with E-state index in [1.165, 1.54) is 0 Å². The number of phosphoric acid groups is 1. The lowest BCUT2D eigenvalue weighted by Gasteiger charge is -2.25. The van der Waals surface area contributed by atoms with Gasteiger partial charge < -0.3 is 25.1 Å². The minimum atomic E-state index is -4.84. The van der Waals surface area contributed by atoms with Gasteiger partial charge in [-0.2, -0.15) is 4.98 Å². The zero-order chi connectivity index (χ0) is 31.5. The number of nitrogens with two attached hydrogens (primary N) is 1. The number of aromatic nitrogens is 4. The number of nitrogens with one attached hydrogen (secondary N) is 1. The SMILES string of the molecule is C=CC12OC(n3cnc4c(=O)[nH]c(N)nc43)C(F)C1(O)C2OP(=O)(OCOC(=O)C(C)(C)C)OCOC(=O)C(C)(C)C. The van der Waals surface area contributed by atoms with Gasteiger partial charge in [0.15, 0.2) is 34.8 Å². The van der Waals surface area contributed by atoms with Gasteiger partial charge in [-0.25, -0.2) is 23.0 Å². The van der Waals surface area contributed by atoms with Gasteiger partial charge in [0.2, 0.25) is 19.5 Å². The lowest BCUT2D eigenvalue weighted by atomic mass is 9.98. The highest BCUT2D eigenvalue weighted by Crippen LogP contribution is 2.70. The zero-order valence-electron chi connectivity index (χ0n) is 23.8. The third-order valence-electron chi connectivity index (χ3n) is 6.61. The number of nitrogens with zero attached hydrogens (tertiary/aromatic N) is 3. The van der Waals surface area contributed by atoms with E-state index in [1.807, 2.05) is 0 Å². The predicted molar refractivity (Wildman–Crippen MR) is 141 cm³/mol. The van der Waals surface area contributed by atoms with Crippen molar-refractivity contribution in [3.05, 3.63) is 29.3 Å². The van der Waals surface area contributed by atoms with E-state index in [9.17, 15) is 24.1 Å². The van der Waals surface area contributed by atoms with Gasteiger partial charge in [-0.3, -0.25) is 28.5 Å². The Bertz CT molecular complexity index is 1480. The number of fused-ring (bicyclic) bond motifs is 2. The molecule has 16 nitrogen and oxygen atoms in total. The van der Waals surface area contributed by atoms with Crippen molar-refractivity contribution in [1.82, 2.24) is 19.5 Å². The molecule has 1 saturated heterocycles. The fourth-order valence-electron chi connectivity index (χ4n) is 4.19. The summed E-state index contributed by atoms with van der Waals surface area (Å²) < 4.78 is 61.9. The largest absolute Gasteiger partial charge is 0.481 e. The lowest BCUT2D eigenvalue weighted by Crippen LogP contribution is -2.34. The molecule has 0 bridgehead atoms. The minimum Gasteiger partial charge on any atom is -0.437 e. The second-order valence-electron chi connectivity index (χ2n) is 11.8. The fraction of sp³-hybridized carbons (Fsp3) is 0.625. The van der Waals surface area contributed by atoms with Crippen molar-refractivity contribution in [3.63, 3.8) is 0 Å². The lowest BCUT2D eigenvalue weighted by molar-refractivity contribution is -0.164. The number of anilines is 1. The van der Waals surface area contributed by atoms with Gasteiger partial charge in [0.25, 0.3) is 5.56 Å². The summed E-state index contributed by atoms with van der Waals surface area (Å²) in [5, 5.41) is 11.4. The second-order valence-corrected chi connectivity index (χ2v) is 13.4. The van der Waals surface area contributed by atoms with Crippen LogP contribution in [0.3, 0.4) is 0 Å². The molecule has 1 aliphatic carbocycles. The summed E-state index contributed by atoms with van der Waals surface area (Å²) in [7, 11) is -4.84. The number of ether oxygens (including phenoxy) is 3. The molecule has 5 unspecified atom stereocenters. The highest BCUT2D eigenvalue weighted by molar-refractivity contribution is 7.48. The first kappa shape index (κ1) is 31.7. The van der Waals surface area contributed by atoms with Crippen LogP contribution in [0.15, 0.2) is 23.8 Å². The van der Waals surface area contributed by atoms with Crippen LogP contribution in [0.25, 0.3) is 11.2 Å². The molecule has 18 heteroatoms. The number of H-pyrrole nitrogens is 1. The van der Waals surface area contributed by atoms with Crippen molar-refractivity contribution in [3.8, 4) is 0 Å². The summed E-state index contributed by atoms with van der Waals surface area (Å²) >= 11 is 0. The molecule has 2 aromatic rings. The summed E-state index contributed by atoms with van der Waals surface area (Å²) in [6, 6.07) is 0. The van der Waals surface area contributed by atoms with E-state index in [2.05, 4.69) is 21.5 Å². The number of aliphatic hydroxyl groups is 1. The molecule has 4 rings (SSSR count). The van der Waals surface area contributed by atoms with Gasteiger partial charge in [-0.05, 0) is 41.5 Å². The van der Waals surface area contributed by atoms with E-state index in [-0.39, 0.29) is 17.1 Å². The van der Waals surface area contributed by atoms with Crippen LogP contribution in [-0.4, -0.2) is 73.6 Å². The first-order valence-corrected chi connectivity index (χ1v) is 14.1. The third-order valence-corrected chi connectivity index (χ3v) is 7.92. The van der Waals surface area contributed by atoms with Gasteiger partial charge in [0, 0.05) is 0 Å².